The summed E-state index contributed by atoms with van der Waals surface area (Å²) in [4.78, 5) is 12.3. The van der Waals surface area contributed by atoms with Crippen LogP contribution in [0.15, 0.2) is 0 Å². The second-order valence-corrected chi connectivity index (χ2v) is 6.49. The van der Waals surface area contributed by atoms with E-state index in [4.69, 9.17) is 9.47 Å². The van der Waals surface area contributed by atoms with Gasteiger partial charge in [0.05, 0.1) is 6.10 Å². The standard InChI is InChI=1S/C15H24O3/c1-10-8-15-7-6-11(14(10)16)12(15)4-3-5-13(15)18-9-17-2/h10-13H,3-9H2,1-2H3/t10-,11-,12+,13+,15+/m1/s1. The number of ketones is 1. The number of hydrogen-bond acceptors (Lipinski definition) is 3. The largest absolute Gasteiger partial charge is 0.359 e. The van der Waals surface area contributed by atoms with Crippen LogP contribution in [-0.4, -0.2) is 25.8 Å². The van der Waals surface area contributed by atoms with Crippen LogP contribution >= 0.6 is 0 Å². The second kappa shape index (κ2) is 4.61. The van der Waals surface area contributed by atoms with Crippen LogP contribution in [0.1, 0.15) is 45.4 Å². The highest BCUT2D eigenvalue weighted by molar-refractivity contribution is 5.85. The maximum atomic E-state index is 12.3. The minimum Gasteiger partial charge on any atom is -0.359 e. The fourth-order valence-electron chi connectivity index (χ4n) is 5.07. The zero-order valence-electron chi connectivity index (χ0n) is 11.5. The van der Waals surface area contributed by atoms with Crippen molar-refractivity contribution in [3.05, 3.63) is 0 Å². The normalized spacial score (nSPS) is 47.1. The fourth-order valence-corrected chi connectivity index (χ4v) is 5.07. The quantitative estimate of drug-likeness (QED) is 0.725. The first-order valence-corrected chi connectivity index (χ1v) is 7.33. The lowest BCUT2D eigenvalue weighted by Crippen LogP contribution is -2.51. The summed E-state index contributed by atoms with van der Waals surface area (Å²) in [6.07, 6.45) is 7.23. The Labute approximate surface area is 109 Å². The van der Waals surface area contributed by atoms with E-state index in [1.165, 1.54) is 19.3 Å². The van der Waals surface area contributed by atoms with Gasteiger partial charge in [-0.25, -0.2) is 0 Å². The molecule has 102 valence electrons. The first kappa shape index (κ1) is 12.6. The van der Waals surface area contributed by atoms with Crippen molar-refractivity contribution in [2.24, 2.45) is 23.2 Å². The summed E-state index contributed by atoms with van der Waals surface area (Å²) in [5, 5.41) is 0. The Kier molecular flexibility index (Phi) is 3.23. The number of ether oxygens (including phenoxy) is 2. The Balaban J connectivity index is 1.86. The average Bonchev–Trinajstić information content (AvgIpc) is 2.68. The van der Waals surface area contributed by atoms with Crippen molar-refractivity contribution in [3.8, 4) is 0 Å². The van der Waals surface area contributed by atoms with Crippen molar-refractivity contribution in [3.63, 3.8) is 0 Å². The molecule has 18 heavy (non-hydrogen) atoms. The first-order chi connectivity index (χ1) is 8.69. The molecule has 0 aromatic carbocycles. The molecule has 0 N–H and O–H groups in total. The summed E-state index contributed by atoms with van der Waals surface area (Å²) in [7, 11) is 1.68. The Morgan fingerprint density at radius 3 is 2.94 bits per heavy atom. The second-order valence-electron chi connectivity index (χ2n) is 6.49. The van der Waals surface area contributed by atoms with Crippen molar-refractivity contribution in [2.45, 2.75) is 51.6 Å². The molecule has 0 radical (unpaired) electrons. The highest BCUT2D eigenvalue weighted by Gasteiger charge is 2.60. The molecule has 0 aromatic rings. The molecule has 0 heterocycles. The van der Waals surface area contributed by atoms with Crippen LogP contribution < -0.4 is 0 Å². The lowest BCUT2D eigenvalue weighted by atomic mass is 9.56. The van der Waals surface area contributed by atoms with Gasteiger partial charge >= 0.3 is 0 Å². The Hall–Kier alpha value is -0.410. The van der Waals surface area contributed by atoms with Crippen LogP contribution in [0.3, 0.4) is 0 Å². The third-order valence-corrected chi connectivity index (χ3v) is 5.69. The molecule has 0 saturated heterocycles. The third-order valence-electron chi connectivity index (χ3n) is 5.69. The number of carbonyl (C=O) groups is 1. The molecule has 3 rings (SSSR count). The van der Waals surface area contributed by atoms with E-state index in [0.29, 0.717) is 30.5 Å². The molecule has 3 heteroatoms. The van der Waals surface area contributed by atoms with E-state index in [2.05, 4.69) is 6.92 Å². The van der Waals surface area contributed by atoms with Crippen molar-refractivity contribution in [1.82, 2.24) is 0 Å². The van der Waals surface area contributed by atoms with Gasteiger partial charge in [-0.05, 0) is 38.0 Å². The molecule has 0 unspecified atom stereocenters. The van der Waals surface area contributed by atoms with E-state index < -0.39 is 0 Å². The van der Waals surface area contributed by atoms with Crippen LogP contribution in [0, 0.1) is 23.2 Å². The van der Waals surface area contributed by atoms with Crippen molar-refractivity contribution < 1.29 is 14.3 Å². The van der Waals surface area contributed by atoms with Crippen LogP contribution in [0.2, 0.25) is 0 Å². The monoisotopic (exact) mass is 252 g/mol. The van der Waals surface area contributed by atoms with E-state index in [1.807, 2.05) is 0 Å². The predicted molar refractivity (Wildman–Crippen MR) is 68.0 cm³/mol. The van der Waals surface area contributed by atoms with Gasteiger partial charge in [0.2, 0.25) is 0 Å². The summed E-state index contributed by atoms with van der Waals surface area (Å²) >= 11 is 0. The first-order valence-electron chi connectivity index (χ1n) is 7.33. The Morgan fingerprint density at radius 2 is 2.17 bits per heavy atom. The van der Waals surface area contributed by atoms with E-state index in [9.17, 15) is 4.79 Å². The molecule has 3 saturated carbocycles. The van der Waals surface area contributed by atoms with Gasteiger partial charge in [-0.1, -0.05) is 13.3 Å². The van der Waals surface area contributed by atoms with Gasteiger partial charge in [-0.15, -0.1) is 0 Å². The van der Waals surface area contributed by atoms with Gasteiger partial charge in [0.25, 0.3) is 0 Å². The average molecular weight is 252 g/mol. The minimum atomic E-state index is 0.237. The molecule has 0 aromatic heterocycles. The van der Waals surface area contributed by atoms with E-state index >= 15 is 0 Å². The van der Waals surface area contributed by atoms with Gasteiger partial charge in [0.1, 0.15) is 12.6 Å². The molecule has 3 aliphatic carbocycles. The highest BCUT2D eigenvalue weighted by atomic mass is 16.7. The summed E-state index contributed by atoms with van der Waals surface area (Å²) < 4.78 is 11.1. The minimum absolute atomic E-state index is 0.237. The lowest BCUT2D eigenvalue weighted by molar-refractivity contribution is -0.167. The molecule has 0 aliphatic heterocycles. The summed E-state index contributed by atoms with van der Waals surface area (Å²) in [5.41, 5.74) is 0.286. The van der Waals surface area contributed by atoms with Crippen molar-refractivity contribution >= 4 is 5.78 Å². The zero-order valence-corrected chi connectivity index (χ0v) is 11.5. The van der Waals surface area contributed by atoms with Crippen LogP contribution in [0.25, 0.3) is 0 Å². The Bertz CT molecular complexity index is 341. The number of Topliss-reactive ketones (excluding diaryl/α,β-unsaturated/α-hetero) is 1. The van der Waals surface area contributed by atoms with E-state index in [-0.39, 0.29) is 11.3 Å². The number of hydrogen-bond donors (Lipinski definition) is 0. The molecular weight excluding hydrogens is 228 g/mol. The van der Waals surface area contributed by atoms with Gasteiger partial charge < -0.3 is 9.47 Å². The van der Waals surface area contributed by atoms with Crippen molar-refractivity contribution in [1.29, 1.82) is 0 Å². The number of carbonyl (C=O) groups excluding carboxylic acids is 1. The van der Waals surface area contributed by atoms with E-state index in [0.717, 1.165) is 19.3 Å². The fraction of sp³-hybridized carbons (Fsp3) is 0.933. The van der Waals surface area contributed by atoms with Gasteiger partial charge in [0.15, 0.2) is 0 Å². The number of rotatable bonds is 3. The van der Waals surface area contributed by atoms with Gasteiger partial charge in [-0.3, -0.25) is 4.79 Å². The molecule has 3 nitrogen and oxygen atoms in total. The SMILES string of the molecule is COCO[C@H]1CCC[C@H]2[C@H]3CC[C@@]12C[C@@H](C)C3=O. The maximum Gasteiger partial charge on any atom is 0.146 e. The van der Waals surface area contributed by atoms with Gasteiger partial charge in [-0.2, -0.15) is 0 Å². The molecule has 3 fully saturated rings. The highest BCUT2D eigenvalue weighted by Crippen LogP contribution is 2.62. The topological polar surface area (TPSA) is 35.5 Å². The Morgan fingerprint density at radius 1 is 1.33 bits per heavy atom. The molecule has 3 aliphatic rings. The molecular formula is C15H24O3. The summed E-state index contributed by atoms with van der Waals surface area (Å²) in [6.45, 7) is 2.51. The van der Waals surface area contributed by atoms with Gasteiger partial charge in [0, 0.05) is 24.4 Å². The van der Waals surface area contributed by atoms with Crippen molar-refractivity contribution in [2.75, 3.05) is 13.9 Å². The molecule has 0 amide bonds. The molecule has 5 atom stereocenters. The zero-order chi connectivity index (χ0) is 12.8. The van der Waals surface area contributed by atoms with Crippen LogP contribution in [0.5, 0.6) is 0 Å². The lowest BCUT2D eigenvalue weighted by Gasteiger charge is -2.50. The third kappa shape index (κ3) is 1.67. The molecule has 0 spiro atoms. The summed E-state index contributed by atoms with van der Waals surface area (Å²) in [6, 6.07) is 0. The van der Waals surface area contributed by atoms with E-state index in [1.54, 1.807) is 7.11 Å². The van der Waals surface area contributed by atoms with Crippen LogP contribution in [0.4, 0.5) is 0 Å². The van der Waals surface area contributed by atoms with Crippen LogP contribution in [-0.2, 0) is 14.3 Å². The predicted octanol–water partition coefficient (Wildman–Crippen LogP) is 2.78. The number of methoxy groups -OCH3 is 1. The molecule has 2 bridgehead atoms. The maximum absolute atomic E-state index is 12.3. The smallest absolute Gasteiger partial charge is 0.146 e. The summed E-state index contributed by atoms with van der Waals surface area (Å²) in [5.74, 6) is 1.69.